The molecule has 0 saturated heterocycles. The van der Waals surface area contributed by atoms with Crippen molar-refractivity contribution in [3.05, 3.63) is 241 Å². The zero-order valence-corrected chi connectivity index (χ0v) is 47.7. The van der Waals surface area contributed by atoms with Crippen molar-refractivity contribution < 1.29 is 0 Å². The molecule has 0 N–H and O–H groups in total. The van der Waals surface area contributed by atoms with Crippen molar-refractivity contribution in [2.24, 2.45) is 0 Å². The van der Waals surface area contributed by atoms with Gasteiger partial charge >= 0.3 is 0 Å². The van der Waals surface area contributed by atoms with Crippen molar-refractivity contribution in [3.8, 4) is 5.69 Å². The summed E-state index contributed by atoms with van der Waals surface area (Å²) in [5.74, 6) is 0.898. The summed E-state index contributed by atoms with van der Waals surface area (Å²) in [6.07, 6.45) is 0. The van der Waals surface area contributed by atoms with E-state index in [9.17, 15) is 0 Å². The van der Waals surface area contributed by atoms with Crippen LogP contribution in [0.5, 0.6) is 0 Å². The van der Waals surface area contributed by atoms with Crippen LogP contribution < -0.4 is 9.80 Å². The third kappa shape index (κ3) is 8.01. The first-order valence-electron chi connectivity index (χ1n) is 28.7. The van der Waals surface area contributed by atoms with E-state index in [1.165, 1.54) is 104 Å². The number of para-hydroxylation sites is 2. The average molecular weight is 1040 g/mol. The van der Waals surface area contributed by atoms with Gasteiger partial charge in [0.15, 0.2) is 0 Å². The summed E-state index contributed by atoms with van der Waals surface area (Å²) in [6, 6.07) is 83.0. The molecule has 0 aliphatic heterocycles. The summed E-state index contributed by atoms with van der Waals surface area (Å²) in [4.78, 5) is 4.85. The van der Waals surface area contributed by atoms with Crippen molar-refractivity contribution in [2.75, 3.05) is 9.80 Å². The molecule has 14 aromatic rings. The second kappa shape index (κ2) is 18.4. The average Bonchev–Trinajstić information content (AvgIpc) is 4.02. The van der Waals surface area contributed by atoms with Crippen molar-refractivity contribution in [1.82, 2.24) is 8.97 Å². The fraction of sp³-hybridized carbons (Fsp3) is 0.184. The summed E-state index contributed by atoms with van der Waals surface area (Å²) < 4.78 is 5.08. The summed E-state index contributed by atoms with van der Waals surface area (Å²) in [5.41, 5.74) is 19.5. The van der Waals surface area contributed by atoms with E-state index in [2.05, 4.69) is 306 Å². The Labute approximate surface area is 470 Å². The molecule has 80 heavy (non-hydrogen) atoms. The van der Waals surface area contributed by atoms with Crippen LogP contribution in [0.3, 0.4) is 0 Å². The van der Waals surface area contributed by atoms with Crippen LogP contribution in [0.1, 0.15) is 103 Å². The van der Waals surface area contributed by atoms with Gasteiger partial charge in [0, 0.05) is 72.1 Å². The molecule has 0 saturated carbocycles. The second-order valence-electron chi connectivity index (χ2n) is 25.1. The van der Waals surface area contributed by atoms with Gasteiger partial charge in [-0.15, -0.1) is 0 Å². The van der Waals surface area contributed by atoms with Gasteiger partial charge in [-0.05, 0) is 188 Å². The smallest absolute Gasteiger partial charge is 0.0628 e. The maximum Gasteiger partial charge on any atom is 0.0628 e. The lowest BCUT2D eigenvalue weighted by atomic mass is 9.86. The van der Waals surface area contributed by atoms with E-state index < -0.39 is 0 Å². The van der Waals surface area contributed by atoms with Gasteiger partial charge in [-0.25, -0.2) is 0 Å². The first kappa shape index (κ1) is 49.4. The van der Waals surface area contributed by atoms with E-state index in [1.54, 1.807) is 0 Å². The zero-order chi connectivity index (χ0) is 54.9. The van der Waals surface area contributed by atoms with Gasteiger partial charge in [-0.1, -0.05) is 166 Å². The molecule has 0 fully saturated rings. The van der Waals surface area contributed by atoms with E-state index in [4.69, 9.17) is 0 Å². The quantitative estimate of drug-likeness (QED) is 0.143. The predicted molar refractivity (Wildman–Crippen MR) is 345 cm³/mol. The summed E-state index contributed by atoms with van der Waals surface area (Å²) >= 11 is 0. The fourth-order valence-electron chi connectivity index (χ4n) is 12.8. The van der Waals surface area contributed by atoms with Crippen LogP contribution in [-0.4, -0.2) is 8.97 Å². The Hall–Kier alpha value is -8.86. The monoisotopic (exact) mass is 1040 g/mol. The van der Waals surface area contributed by atoms with E-state index in [0.717, 1.165) is 39.8 Å². The highest BCUT2D eigenvalue weighted by molar-refractivity contribution is 6.37. The first-order chi connectivity index (χ1) is 38.6. The Morgan fingerprint density at radius 3 is 1.25 bits per heavy atom. The van der Waals surface area contributed by atoms with E-state index >= 15 is 0 Å². The summed E-state index contributed by atoms with van der Waals surface area (Å²) in [7, 11) is 0. The molecule has 4 heteroatoms. The Balaban J connectivity index is 1.03. The Morgan fingerprint density at radius 1 is 0.325 bits per heavy atom. The number of hydrogen-bond donors (Lipinski definition) is 0. The van der Waals surface area contributed by atoms with Crippen LogP contribution in [-0.2, 0) is 10.8 Å². The molecular formula is C76H68N4. The van der Waals surface area contributed by atoms with Gasteiger partial charge in [-0.3, -0.25) is 0 Å². The highest BCUT2D eigenvalue weighted by Gasteiger charge is 2.27. The van der Waals surface area contributed by atoms with Crippen LogP contribution in [0.4, 0.5) is 34.1 Å². The van der Waals surface area contributed by atoms with Gasteiger partial charge in [-0.2, -0.15) is 0 Å². The number of anilines is 6. The molecule has 0 bridgehead atoms. The normalized spacial score (nSPS) is 12.6. The zero-order valence-electron chi connectivity index (χ0n) is 47.7. The topological polar surface area (TPSA) is 15.8 Å². The van der Waals surface area contributed by atoms with E-state index in [1.807, 2.05) is 0 Å². The maximum atomic E-state index is 2.60. The molecule has 0 unspecified atom stereocenters. The molecule has 0 amide bonds. The molecule has 0 aliphatic carbocycles. The first-order valence-corrected chi connectivity index (χ1v) is 28.7. The molecule has 0 spiro atoms. The van der Waals surface area contributed by atoms with Crippen molar-refractivity contribution in [3.63, 3.8) is 0 Å². The number of rotatable bonds is 9. The molecule has 3 aromatic heterocycles. The summed E-state index contributed by atoms with van der Waals surface area (Å²) in [5, 5.41) is 12.4. The van der Waals surface area contributed by atoms with Crippen LogP contribution in [0.25, 0.3) is 87.1 Å². The van der Waals surface area contributed by atoms with Gasteiger partial charge in [0.2, 0.25) is 0 Å². The van der Waals surface area contributed by atoms with Crippen molar-refractivity contribution in [2.45, 2.75) is 91.9 Å². The van der Waals surface area contributed by atoms with Crippen molar-refractivity contribution >= 4 is 116 Å². The van der Waals surface area contributed by atoms with Gasteiger partial charge in [0.05, 0.1) is 27.6 Å². The number of nitrogens with zero attached hydrogens (tertiary/aromatic N) is 4. The van der Waals surface area contributed by atoms with E-state index in [0.29, 0.717) is 11.8 Å². The minimum atomic E-state index is 0.0467. The van der Waals surface area contributed by atoms with Gasteiger partial charge in [0.25, 0.3) is 0 Å². The molecule has 392 valence electrons. The van der Waals surface area contributed by atoms with Crippen molar-refractivity contribution in [1.29, 1.82) is 0 Å². The Bertz CT molecular complexity index is 4570. The van der Waals surface area contributed by atoms with Gasteiger partial charge in [0.1, 0.15) is 0 Å². The third-order valence-corrected chi connectivity index (χ3v) is 17.2. The number of benzene rings is 11. The molecule has 4 nitrogen and oxygen atoms in total. The fourth-order valence-corrected chi connectivity index (χ4v) is 12.8. The number of fused-ring (bicyclic) bond motifs is 12. The van der Waals surface area contributed by atoms with Crippen LogP contribution in [0, 0.1) is 0 Å². The summed E-state index contributed by atoms with van der Waals surface area (Å²) in [6.45, 7) is 22.8. The highest BCUT2D eigenvalue weighted by Crippen LogP contribution is 2.49. The number of aromatic nitrogens is 2. The minimum absolute atomic E-state index is 0.0467. The molecule has 14 rings (SSSR count). The van der Waals surface area contributed by atoms with Gasteiger partial charge < -0.3 is 18.8 Å². The largest absolute Gasteiger partial charge is 0.310 e. The predicted octanol–water partition coefficient (Wildman–Crippen LogP) is 22.0. The van der Waals surface area contributed by atoms with Crippen LogP contribution in [0.2, 0.25) is 0 Å². The second-order valence-corrected chi connectivity index (χ2v) is 25.1. The standard InChI is InChI=1S/C76H68N4/c1-47(2)49-20-30-58(31-21-49)77(59-32-22-50(23-33-59)48(3)4)62-35-25-52-43-67-70(45-54(52)41-62)80-69-44-53-40-63(78(60-36-26-55(27-37-60)75(5,6)7)61-38-28-56(29-39-61)76(8,9)10)34-24-51(53)42-65(69)66-46-71-72(73(67)74(66)80)64-18-14-15-19-68(64)79(71)57-16-12-11-13-17-57/h11-48H,1-10H3. The Morgan fingerprint density at radius 2 is 0.762 bits per heavy atom. The highest BCUT2D eigenvalue weighted by atomic mass is 15.1. The molecule has 3 heterocycles. The lowest BCUT2D eigenvalue weighted by molar-refractivity contribution is 0.590. The molecule has 0 aliphatic rings. The molecule has 0 atom stereocenters. The van der Waals surface area contributed by atoms with E-state index in [-0.39, 0.29) is 10.8 Å². The number of hydrogen-bond acceptors (Lipinski definition) is 2. The molecule has 11 aromatic carbocycles. The SMILES string of the molecule is CC(C)c1ccc(N(c2ccc(C(C)C)cc2)c2ccc3cc4c5c6c7ccccc7n(-c7ccccc7)c6cc6c7cc8ccc(N(c9ccc(C(C)(C)C)cc9)c9ccc(C(C)(C)C)cc9)cc8cc7n(c4cc3c2)c65)cc1. The Kier molecular flexibility index (Phi) is 11.3. The molecular weight excluding hydrogens is 969 g/mol. The lowest BCUT2D eigenvalue weighted by Gasteiger charge is -2.28. The maximum absolute atomic E-state index is 2.60. The lowest BCUT2D eigenvalue weighted by Crippen LogP contribution is -2.14. The van der Waals surface area contributed by atoms with Crippen LogP contribution >= 0.6 is 0 Å². The van der Waals surface area contributed by atoms with Crippen LogP contribution in [0.15, 0.2) is 218 Å². The third-order valence-electron chi connectivity index (χ3n) is 17.2. The molecule has 0 radical (unpaired) electrons. The minimum Gasteiger partial charge on any atom is -0.310 e.